The van der Waals surface area contributed by atoms with Gasteiger partial charge in [0, 0.05) is 6.85 Å². The molecule has 1 atom stereocenters. The van der Waals surface area contributed by atoms with Gasteiger partial charge in [-0.3, -0.25) is 9.59 Å². The number of ether oxygens (including phenoxy) is 2. The lowest BCUT2D eigenvalue weighted by Crippen LogP contribution is -2.46. The molecule has 0 radical (unpaired) electrons. The van der Waals surface area contributed by atoms with Gasteiger partial charge in [-0.05, 0) is 32.6 Å². The summed E-state index contributed by atoms with van der Waals surface area (Å²) < 4.78 is 48.5. The molecule has 0 aliphatic rings. The van der Waals surface area contributed by atoms with Crippen LogP contribution in [0.2, 0.25) is 0 Å². The van der Waals surface area contributed by atoms with Crippen molar-refractivity contribution in [3.63, 3.8) is 0 Å². The Morgan fingerprint density at radius 3 is 2.06 bits per heavy atom. The Kier molecular flexibility index (Phi) is 4.42. The molecular formula is C14H26O4. The van der Waals surface area contributed by atoms with Gasteiger partial charge in [0.05, 0.1) is 13.2 Å². The summed E-state index contributed by atoms with van der Waals surface area (Å²) >= 11 is 0. The lowest BCUT2D eigenvalue weighted by molar-refractivity contribution is -0.177. The van der Waals surface area contributed by atoms with Gasteiger partial charge in [-0.15, -0.1) is 0 Å². The average Bonchev–Trinajstić information content (AvgIpc) is 2.38. The van der Waals surface area contributed by atoms with Crippen LogP contribution in [-0.2, 0) is 19.1 Å². The first-order valence-electron chi connectivity index (χ1n) is 8.79. The zero-order chi connectivity index (χ0) is 18.5. The van der Waals surface area contributed by atoms with Crippen molar-refractivity contribution in [2.75, 3.05) is 13.2 Å². The number of rotatable bonds is 8. The normalized spacial score (nSPS) is 18.6. The maximum atomic E-state index is 12.6. The standard InChI is InChI=1S/C14H26O4/c1-6-10-11(5)14(7-2,12(15)17-8-3)13(16)18-9-4/h11H,6-10H2,1-5H3/i2D3,7D2. The van der Waals surface area contributed by atoms with Crippen LogP contribution in [0, 0.1) is 11.3 Å². The lowest BCUT2D eigenvalue weighted by atomic mass is 9.72. The second-order valence-corrected chi connectivity index (χ2v) is 4.06. The topological polar surface area (TPSA) is 52.6 Å². The van der Waals surface area contributed by atoms with E-state index >= 15 is 0 Å². The first-order chi connectivity index (χ1) is 10.4. The molecule has 0 rings (SSSR count). The molecule has 0 saturated heterocycles. The zero-order valence-corrected chi connectivity index (χ0v) is 11.5. The first-order valence-corrected chi connectivity index (χ1v) is 6.29. The maximum Gasteiger partial charge on any atom is 0.323 e. The van der Waals surface area contributed by atoms with E-state index in [4.69, 9.17) is 16.3 Å². The predicted octanol–water partition coefficient (Wildman–Crippen LogP) is 2.95. The van der Waals surface area contributed by atoms with E-state index < -0.39 is 36.5 Å². The van der Waals surface area contributed by atoms with Crippen LogP contribution in [-0.4, -0.2) is 25.2 Å². The third kappa shape index (κ3) is 3.47. The Morgan fingerprint density at radius 1 is 1.22 bits per heavy atom. The average molecular weight is 263 g/mol. The molecule has 0 N–H and O–H groups in total. The minimum atomic E-state index is -3.20. The second kappa shape index (κ2) is 8.11. The zero-order valence-electron chi connectivity index (χ0n) is 16.5. The van der Waals surface area contributed by atoms with Crippen LogP contribution >= 0.6 is 0 Å². The molecule has 0 aliphatic heterocycles. The highest BCUT2D eigenvalue weighted by Crippen LogP contribution is 2.37. The number of carbonyl (C=O) groups is 2. The van der Waals surface area contributed by atoms with Gasteiger partial charge in [0.15, 0.2) is 5.41 Å². The molecule has 0 aromatic rings. The molecule has 0 amide bonds. The van der Waals surface area contributed by atoms with Crippen LogP contribution in [0.1, 0.15) is 60.6 Å². The Balaban J connectivity index is 6.48. The number of hydrogen-bond donors (Lipinski definition) is 0. The fourth-order valence-electron chi connectivity index (χ4n) is 1.85. The minimum Gasteiger partial charge on any atom is -0.465 e. The molecule has 4 heteroatoms. The lowest BCUT2D eigenvalue weighted by Gasteiger charge is -2.33. The van der Waals surface area contributed by atoms with Crippen molar-refractivity contribution in [3.05, 3.63) is 0 Å². The molecule has 0 aliphatic carbocycles. The molecule has 106 valence electrons. The fourth-order valence-corrected chi connectivity index (χ4v) is 1.85. The Labute approximate surface area is 117 Å². The van der Waals surface area contributed by atoms with E-state index in [1.165, 1.54) is 20.8 Å². The molecule has 0 aromatic heterocycles. The third-order valence-electron chi connectivity index (χ3n) is 2.85. The van der Waals surface area contributed by atoms with Gasteiger partial charge >= 0.3 is 11.9 Å². The van der Waals surface area contributed by atoms with E-state index in [0.717, 1.165) is 0 Å². The van der Waals surface area contributed by atoms with Crippen molar-refractivity contribution in [2.45, 2.75) is 53.8 Å². The van der Waals surface area contributed by atoms with Gasteiger partial charge < -0.3 is 9.47 Å². The first kappa shape index (κ1) is 9.82. The van der Waals surface area contributed by atoms with E-state index in [9.17, 15) is 9.59 Å². The Bertz CT molecular complexity index is 402. The summed E-state index contributed by atoms with van der Waals surface area (Å²) in [6.45, 7) is 2.87. The molecule has 0 heterocycles. The van der Waals surface area contributed by atoms with Crippen molar-refractivity contribution in [2.24, 2.45) is 11.3 Å². The molecule has 1 unspecified atom stereocenters. The van der Waals surface area contributed by atoms with Crippen LogP contribution in [0.15, 0.2) is 0 Å². The van der Waals surface area contributed by atoms with Gasteiger partial charge in [-0.2, -0.15) is 0 Å². The van der Waals surface area contributed by atoms with Crippen molar-refractivity contribution < 1.29 is 25.9 Å². The summed E-state index contributed by atoms with van der Waals surface area (Å²) in [5, 5.41) is 0. The molecule has 0 aromatic carbocycles. The fraction of sp³-hybridized carbons (Fsp3) is 0.857. The van der Waals surface area contributed by atoms with E-state index in [-0.39, 0.29) is 19.6 Å². The van der Waals surface area contributed by atoms with Crippen molar-refractivity contribution in [1.82, 2.24) is 0 Å². The minimum absolute atomic E-state index is 0.101. The van der Waals surface area contributed by atoms with Gasteiger partial charge in [-0.1, -0.05) is 27.1 Å². The molecule has 0 fully saturated rings. The van der Waals surface area contributed by atoms with Crippen LogP contribution in [0.3, 0.4) is 0 Å². The largest absolute Gasteiger partial charge is 0.465 e. The van der Waals surface area contributed by atoms with Crippen LogP contribution in [0.5, 0.6) is 0 Å². The number of hydrogen-bond acceptors (Lipinski definition) is 4. The summed E-state index contributed by atoms with van der Waals surface area (Å²) in [6, 6.07) is 0. The van der Waals surface area contributed by atoms with Crippen molar-refractivity contribution in [3.8, 4) is 0 Å². The summed E-state index contributed by atoms with van der Waals surface area (Å²) in [7, 11) is 0. The van der Waals surface area contributed by atoms with Gasteiger partial charge in [0.25, 0.3) is 0 Å². The second-order valence-electron chi connectivity index (χ2n) is 4.06. The van der Waals surface area contributed by atoms with Gasteiger partial charge in [0.2, 0.25) is 0 Å². The van der Waals surface area contributed by atoms with Crippen molar-refractivity contribution in [1.29, 1.82) is 0 Å². The maximum absolute atomic E-state index is 12.6. The predicted molar refractivity (Wildman–Crippen MR) is 70.1 cm³/mol. The monoisotopic (exact) mass is 263 g/mol. The molecule has 4 nitrogen and oxygen atoms in total. The molecule has 18 heavy (non-hydrogen) atoms. The van der Waals surface area contributed by atoms with Gasteiger partial charge in [0.1, 0.15) is 0 Å². The highest BCUT2D eigenvalue weighted by Gasteiger charge is 2.51. The van der Waals surface area contributed by atoms with Crippen molar-refractivity contribution >= 4 is 11.9 Å². The van der Waals surface area contributed by atoms with Crippen LogP contribution < -0.4 is 0 Å². The number of carbonyl (C=O) groups excluding carboxylic acids is 2. The highest BCUT2D eigenvalue weighted by atomic mass is 16.6. The SMILES string of the molecule is [2H]C([2H])([2H])C([2H])([2H])C(C(=O)OCC)(C(=O)OCC)C(C)CCC. The van der Waals surface area contributed by atoms with Crippen LogP contribution in [0.4, 0.5) is 0 Å². The van der Waals surface area contributed by atoms with E-state index in [1.807, 2.05) is 0 Å². The smallest absolute Gasteiger partial charge is 0.323 e. The van der Waals surface area contributed by atoms with E-state index in [2.05, 4.69) is 0 Å². The Morgan fingerprint density at radius 2 is 1.72 bits per heavy atom. The number of esters is 2. The summed E-state index contributed by atoms with van der Waals surface area (Å²) in [5.41, 5.74) is -2.54. The van der Waals surface area contributed by atoms with E-state index in [1.54, 1.807) is 6.92 Å². The molecule has 0 spiro atoms. The Hall–Kier alpha value is -1.06. The molecule has 0 saturated carbocycles. The third-order valence-corrected chi connectivity index (χ3v) is 2.85. The molecule has 0 bridgehead atoms. The van der Waals surface area contributed by atoms with Crippen LogP contribution in [0.25, 0.3) is 0 Å². The highest BCUT2D eigenvalue weighted by molar-refractivity contribution is 6.00. The van der Waals surface area contributed by atoms with E-state index in [0.29, 0.717) is 6.42 Å². The molecular weight excluding hydrogens is 232 g/mol. The van der Waals surface area contributed by atoms with Gasteiger partial charge in [-0.25, -0.2) is 0 Å². The quantitative estimate of drug-likeness (QED) is 0.499. The summed E-state index contributed by atoms with van der Waals surface area (Å²) in [5.74, 6) is -3.29. The summed E-state index contributed by atoms with van der Waals surface area (Å²) in [6.07, 6.45) is -2.32. The summed E-state index contributed by atoms with van der Waals surface area (Å²) in [4.78, 5) is 25.2.